The topological polar surface area (TPSA) is 77.9 Å². The van der Waals surface area contributed by atoms with Crippen LogP contribution in [-0.2, 0) is 14.8 Å². The summed E-state index contributed by atoms with van der Waals surface area (Å²) in [6, 6.07) is 0. The van der Waals surface area contributed by atoms with E-state index in [1.165, 1.54) is 11.4 Å². The predicted molar refractivity (Wildman–Crippen MR) is 68.9 cm³/mol. The van der Waals surface area contributed by atoms with E-state index in [1.54, 1.807) is 0 Å². The highest BCUT2D eigenvalue weighted by molar-refractivity contribution is 7.89. The van der Waals surface area contributed by atoms with Crippen LogP contribution < -0.4 is 0 Å². The Morgan fingerprint density at radius 1 is 1.28 bits per heavy atom. The zero-order valence-electron chi connectivity index (χ0n) is 11.2. The maximum absolute atomic E-state index is 11.9. The van der Waals surface area contributed by atoms with Crippen LogP contribution in [0.5, 0.6) is 0 Å². The molecule has 0 bridgehead atoms. The zero-order chi connectivity index (χ0) is 14.0. The van der Waals surface area contributed by atoms with Crippen molar-refractivity contribution in [3.05, 3.63) is 0 Å². The number of hydrogen-bond acceptors (Lipinski definition) is 4. The highest BCUT2D eigenvalue weighted by atomic mass is 32.2. The number of nitrogens with zero attached hydrogens (tertiary/aromatic N) is 2. The van der Waals surface area contributed by atoms with Crippen molar-refractivity contribution in [2.45, 2.75) is 31.2 Å². The van der Waals surface area contributed by atoms with Gasteiger partial charge in [0.15, 0.2) is 0 Å². The third-order valence-electron chi connectivity index (χ3n) is 3.80. The first-order valence-corrected chi connectivity index (χ1v) is 7.64. The normalized spacial score (nSPS) is 18.9. The Morgan fingerprint density at radius 3 is 2.17 bits per heavy atom. The SMILES string of the molecule is CN(C)C1(CN(C)S(=O)(=O)CCC(=O)O)CCC1. The first-order chi connectivity index (χ1) is 8.19. The minimum absolute atomic E-state index is 0.0783. The lowest BCUT2D eigenvalue weighted by atomic mass is 9.75. The van der Waals surface area contributed by atoms with Crippen molar-refractivity contribution in [2.24, 2.45) is 0 Å². The fourth-order valence-electron chi connectivity index (χ4n) is 2.22. The van der Waals surface area contributed by atoms with Crippen molar-refractivity contribution in [2.75, 3.05) is 33.4 Å². The van der Waals surface area contributed by atoms with Gasteiger partial charge in [-0.05, 0) is 33.4 Å². The van der Waals surface area contributed by atoms with Crippen LogP contribution >= 0.6 is 0 Å². The van der Waals surface area contributed by atoms with Gasteiger partial charge in [0.2, 0.25) is 10.0 Å². The van der Waals surface area contributed by atoms with Gasteiger partial charge in [-0.1, -0.05) is 0 Å². The molecule has 0 heterocycles. The molecular weight excluding hydrogens is 256 g/mol. The van der Waals surface area contributed by atoms with E-state index in [0.717, 1.165) is 19.3 Å². The summed E-state index contributed by atoms with van der Waals surface area (Å²) >= 11 is 0. The van der Waals surface area contributed by atoms with E-state index in [-0.39, 0.29) is 17.7 Å². The van der Waals surface area contributed by atoms with Crippen LogP contribution in [-0.4, -0.2) is 67.7 Å². The minimum Gasteiger partial charge on any atom is -0.481 e. The van der Waals surface area contributed by atoms with Crippen molar-refractivity contribution in [3.8, 4) is 0 Å². The summed E-state index contributed by atoms with van der Waals surface area (Å²) in [6.45, 7) is 0.432. The standard InChI is InChI=1S/C11H22N2O4S/c1-12(2)11(6-4-7-11)9-13(3)18(16,17)8-5-10(14)15/h4-9H2,1-3H3,(H,14,15). The van der Waals surface area contributed by atoms with Gasteiger partial charge in [0.1, 0.15) is 0 Å². The molecule has 0 aliphatic heterocycles. The summed E-state index contributed by atoms with van der Waals surface area (Å²) in [6.07, 6.45) is 2.74. The lowest BCUT2D eigenvalue weighted by Gasteiger charge is -2.48. The first-order valence-electron chi connectivity index (χ1n) is 6.03. The van der Waals surface area contributed by atoms with Gasteiger partial charge in [-0.3, -0.25) is 4.79 Å². The lowest BCUT2D eigenvalue weighted by molar-refractivity contribution is -0.136. The van der Waals surface area contributed by atoms with Gasteiger partial charge in [0, 0.05) is 19.1 Å². The molecule has 1 saturated carbocycles. The molecule has 0 unspecified atom stereocenters. The second kappa shape index (κ2) is 5.54. The third-order valence-corrected chi connectivity index (χ3v) is 5.60. The van der Waals surface area contributed by atoms with Crippen molar-refractivity contribution >= 4 is 16.0 Å². The number of aliphatic carboxylic acids is 1. The number of hydrogen-bond donors (Lipinski definition) is 1. The molecule has 0 spiro atoms. The maximum atomic E-state index is 11.9. The van der Waals surface area contributed by atoms with Crippen molar-refractivity contribution in [1.82, 2.24) is 9.21 Å². The van der Waals surface area contributed by atoms with Crippen molar-refractivity contribution in [1.29, 1.82) is 0 Å². The summed E-state index contributed by atoms with van der Waals surface area (Å²) in [5, 5.41) is 8.55. The quantitative estimate of drug-likeness (QED) is 0.720. The Bertz CT molecular complexity index is 401. The molecule has 0 saturated heterocycles. The number of carbonyl (C=O) groups is 1. The number of carboxylic acid groups (broad SMARTS) is 1. The summed E-state index contributed by atoms with van der Waals surface area (Å²) in [7, 11) is 1.97. The molecule has 1 fully saturated rings. The second-order valence-corrected chi connectivity index (χ2v) is 7.38. The Labute approximate surface area is 109 Å². The van der Waals surface area contributed by atoms with E-state index in [0.29, 0.717) is 6.54 Å². The monoisotopic (exact) mass is 278 g/mol. The molecule has 0 radical (unpaired) electrons. The fraction of sp³-hybridized carbons (Fsp3) is 0.909. The van der Waals surface area contributed by atoms with Crippen LogP contribution in [0.1, 0.15) is 25.7 Å². The second-order valence-electron chi connectivity index (χ2n) is 5.19. The molecule has 0 amide bonds. The molecule has 0 aromatic carbocycles. The van der Waals surface area contributed by atoms with E-state index < -0.39 is 16.0 Å². The van der Waals surface area contributed by atoms with E-state index in [4.69, 9.17) is 5.11 Å². The average Bonchev–Trinajstić information content (AvgIpc) is 2.19. The molecule has 1 aliphatic carbocycles. The van der Waals surface area contributed by atoms with Gasteiger partial charge in [0.05, 0.1) is 12.2 Å². The fourth-order valence-corrected chi connectivity index (χ4v) is 3.40. The molecule has 6 nitrogen and oxygen atoms in total. The van der Waals surface area contributed by atoms with Crippen LogP contribution in [0, 0.1) is 0 Å². The van der Waals surface area contributed by atoms with Crippen LogP contribution in [0.15, 0.2) is 0 Å². The van der Waals surface area contributed by atoms with Gasteiger partial charge in [-0.15, -0.1) is 0 Å². The van der Waals surface area contributed by atoms with Crippen LogP contribution in [0.25, 0.3) is 0 Å². The number of sulfonamides is 1. The lowest BCUT2D eigenvalue weighted by Crippen LogP contribution is -2.57. The van der Waals surface area contributed by atoms with Crippen molar-refractivity contribution in [3.63, 3.8) is 0 Å². The van der Waals surface area contributed by atoms with Crippen LogP contribution in [0.4, 0.5) is 0 Å². The Hall–Kier alpha value is -0.660. The highest BCUT2D eigenvalue weighted by Gasteiger charge is 2.41. The predicted octanol–water partition coefficient (Wildman–Crippen LogP) is 0.207. The Balaban J connectivity index is 2.64. The Morgan fingerprint density at radius 2 is 1.83 bits per heavy atom. The summed E-state index contributed by atoms with van der Waals surface area (Å²) in [5.41, 5.74) is -0.0783. The smallest absolute Gasteiger partial charge is 0.304 e. The molecule has 0 aromatic rings. The third kappa shape index (κ3) is 3.43. The minimum atomic E-state index is -3.47. The summed E-state index contributed by atoms with van der Waals surface area (Å²) in [4.78, 5) is 12.5. The molecule has 7 heteroatoms. The maximum Gasteiger partial charge on any atom is 0.304 e. The van der Waals surface area contributed by atoms with Gasteiger partial charge in [0.25, 0.3) is 0 Å². The molecule has 0 atom stereocenters. The van der Waals surface area contributed by atoms with Gasteiger partial charge < -0.3 is 10.0 Å². The van der Waals surface area contributed by atoms with Gasteiger partial charge >= 0.3 is 5.97 Å². The zero-order valence-corrected chi connectivity index (χ0v) is 12.0. The van der Waals surface area contributed by atoms with Gasteiger partial charge in [-0.25, -0.2) is 12.7 Å². The molecule has 106 valence electrons. The van der Waals surface area contributed by atoms with Crippen molar-refractivity contribution < 1.29 is 18.3 Å². The largest absolute Gasteiger partial charge is 0.481 e. The molecule has 1 aliphatic rings. The number of rotatable bonds is 7. The van der Waals surface area contributed by atoms with E-state index >= 15 is 0 Å². The molecule has 1 rings (SSSR count). The van der Waals surface area contributed by atoms with E-state index in [9.17, 15) is 13.2 Å². The highest BCUT2D eigenvalue weighted by Crippen LogP contribution is 2.37. The molecule has 1 N–H and O–H groups in total. The average molecular weight is 278 g/mol. The van der Waals surface area contributed by atoms with Gasteiger partial charge in [-0.2, -0.15) is 0 Å². The summed E-state index contributed by atoms with van der Waals surface area (Å²) in [5.74, 6) is -1.42. The number of carboxylic acids is 1. The molecule has 0 aromatic heterocycles. The van der Waals surface area contributed by atoms with Crippen LogP contribution in [0.3, 0.4) is 0 Å². The van der Waals surface area contributed by atoms with E-state index in [1.807, 2.05) is 14.1 Å². The number of likely N-dealkylation sites (N-methyl/N-ethyl adjacent to an activating group) is 2. The Kier molecular flexibility index (Phi) is 4.74. The van der Waals surface area contributed by atoms with Crippen LogP contribution in [0.2, 0.25) is 0 Å². The summed E-state index contributed by atoms with van der Waals surface area (Å²) < 4.78 is 25.1. The first kappa shape index (κ1) is 15.4. The van der Waals surface area contributed by atoms with E-state index in [2.05, 4.69) is 4.90 Å². The molecule has 18 heavy (non-hydrogen) atoms. The molecular formula is C11H22N2O4S.